The highest BCUT2D eigenvalue weighted by molar-refractivity contribution is 6.06. The maximum absolute atomic E-state index is 9.51. The lowest BCUT2D eigenvalue weighted by Crippen LogP contribution is -2.41. The van der Waals surface area contributed by atoms with Crippen LogP contribution in [-0.2, 0) is 0 Å². The van der Waals surface area contributed by atoms with Crippen LogP contribution in [0.4, 0.5) is 0 Å². The highest BCUT2D eigenvalue weighted by Crippen LogP contribution is 2.31. The van der Waals surface area contributed by atoms with Gasteiger partial charge in [0.15, 0.2) is 5.84 Å². The molecule has 0 bridgehead atoms. The zero-order valence-electron chi connectivity index (χ0n) is 12.8. The van der Waals surface area contributed by atoms with Crippen LogP contribution in [0.3, 0.4) is 0 Å². The summed E-state index contributed by atoms with van der Waals surface area (Å²) in [6.45, 7) is 4.20. The van der Waals surface area contributed by atoms with Gasteiger partial charge >= 0.3 is 0 Å². The summed E-state index contributed by atoms with van der Waals surface area (Å²) in [4.78, 5) is 0. The second-order valence-corrected chi connectivity index (χ2v) is 6.00. The van der Waals surface area contributed by atoms with Gasteiger partial charge in [0.25, 0.3) is 0 Å². The van der Waals surface area contributed by atoms with E-state index >= 15 is 0 Å². The monoisotopic (exact) mass is 293 g/mol. The molecule has 2 aromatic carbocycles. The van der Waals surface area contributed by atoms with Gasteiger partial charge < -0.3 is 5.21 Å². The molecule has 0 spiro atoms. The van der Waals surface area contributed by atoms with Crippen LogP contribution in [-0.4, -0.2) is 27.3 Å². The van der Waals surface area contributed by atoms with Crippen molar-refractivity contribution in [2.24, 2.45) is 10.3 Å². The summed E-state index contributed by atoms with van der Waals surface area (Å²) in [7, 11) is 0. The maximum Gasteiger partial charge on any atom is 0.195 e. The van der Waals surface area contributed by atoms with Gasteiger partial charge in [-0.25, -0.2) is 5.01 Å². The highest BCUT2D eigenvalue weighted by atomic mass is 16.4. The molecular formula is C18H19N3O. The summed E-state index contributed by atoms with van der Waals surface area (Å²) < 4.78 is 0. The predicted octanol–water partition coefficient (Wildman–Crippen LogP) is 3.71. The van der Waals surface area contributed by atoms with Gasteiger partial charge in [-0.3, -0.25) is 0 Å². The molecule has 1 heterocycles. The topological polar surface area (TPSA) is 48.2 Å². The molecule has 0 saturated heterocycles. The molecule has 3 rings (SSSR count). The largest absolute Gasteiger partial charge is 0.409 e. The molecule has 1 aliphatic heterocycles. The Bertz CT molecular complexity index is 706. The summed E-state index contributed by atoms with van der Waals surface area (Å²) in [5.41, 5.74) is 2.70. The van der Waals surface area contributed by atoms with Gasteiger partial charge in [-0.15, -0.1) is 0 Å². The molecule has 0 unspecified atom stereocenters. The van der Waals surface area contributed by atoms with Gasteiger partial charge in [-0.2, -0.15) is 5.10 Å². The molecule has 2 aromatic rings. The van der Waals surface area contributed by atoms with Gasteiger partial charge in [0.1, 0.15) is 0 Å². The van der Waals surface area contributed by atoms with Crippen LogP contribution in [0.2, 0.25) is 0 Å². The molecule has 0 radical (unpaired) electrons. The molecule has 0 aromatic heterocycles. The van der Waals surface area contributed by atoms with Gasteiger partial charge in [-0.1, -0.05) is 65.8 Å². The SMILES string of the molecule is CC1(C)CC(c2ccccc2)=NN1/C(=N\O)c1ccccc1. The summed E-state index contributed by atoms with van der Waals surface area (Å²) in [6, 6.07) is 19.7. The summed E-state index contributed by atoms with van der Waals surface area (Å²) in [5.74, 6) is 0.469. The first-order chi connectivity index (χ1) is 10.6. The fourth-order valence-corrected chi connectivity index (χ4v) is 2.71. The van der Waals surface area contributed by atoms with E-state index in [0.29, 0.717) is 5.84 Å². The minimum Gasteiger partial charge on any atom is -0.409 e. The van der Waals surface area contributed by atoms with E-state index in [4.69, 9.17) is 5.10 Å². The van der Waals surface area contributed by atoms with Crippen molar-refractivity contribution in [3.05, 3.63) is 71.8 Å². The van der Waals surface area contributed by atoms with Gasteiger partial charge in [0.2, 0.25) is 0 Å². The summed E-state index contributed by atoms with van der Waals surface area (Å²) in [5, 5.41) is 19.5. The van der Waals surface area contributed by atoms with Crippen molar-refractivity contribution in [2.75, 3.05) is 0 Å². The van der Waals surface area contributed by atoms with Crippen LogP contribution in [0.1, 0.15) is 31.4 Å². The van der Waals surface area contributed by atoms with Crippen LogP contribution < -0.4 is 0 Å². The van der Waals surface area contributed by atoms with Crippen molar-refractivity contribution in [1.82, 2.24) is 5.01 Å². The van der Waals surface area contributed by atoms with E-state index < -0.39 is 0 Å². The van der Waals surface area contributed by atoms with Crippen LogP contribution in [0, 0.1) is 0 Å². The molecule has 1 N–H and O–H groups in total. The molecule has 1 aliphatic rings. The molecule has 4 nitrogen and oxygen atoms in total. The number of nitrogens with zero attached hydrogens (tertiary/aromatic N) is 3. The number of amidine groups is 1. The standard InChI is InChI=1S/C18H19N3O/c1-18(2)13-16(14-9-5-3-6-10-14)19-21(18)17(20-22)15-11-7-4-8-12-15/h3-12,22H,13H2,1-2H3/b20-17-. The number of hydrogen-bond acceptors (Lipinski definition) is 3. The maximum atomic E-state index is 9.51. The lowest BCUT2D eigenvalue weighted by molar-refractivity contribution is 0.236. The van der Waals surface area contributed by atoms with Crippen LogP contribution in [0.5, 0.6) is 0 Å². The van der Waals surface area contributed by atoms with E-state index in [1.54, 1.807) is 0 Å². The number of rotatable bonds is 2. The van der Waals surface area contributed by atoms with Gasteiger partial charge in [0.05, 0.1) is 11.3 Å². The molecule has 0 saturated carbocycles. The molecular weight excluding hydrogens is 274 g/mol. The first kappa shape index (κ1) is 14.3. The fourth-order valence-electron chi connectivity index (χ4n) is 2.71. The second kappa shape index (κ2) is 5.64. The number of benzene rings is 2. The third-order valence-electron chi connectivity index (χ3n) is 3.83. The van der Waals surface area contributed by atoms with E-state index in [1.807, 2.05) is 53.5 Å². The van der Waals surface area contributed by atoms with E-state index in [-0.39, 0.29) is 5.54 Å². The quantitative estimate of drug-likeness (QED) is 0.397. The Balaban J connectivity index is 2.00. The van der Waals surface area contributed by atoms with Crippen molar-refractivity contribution in [3.8, 4) is 0 Å². The zero-order chi connectivity index (χ0) is 15.6. The average Bonchev–Trinajstić information content (AvgIpc) is 2.86. The average molecular weight is 293 g/mol. The third kappa shape index (κ3) is 2.60. The third-order valence-corrected chi connectivity index (χ3v) is 3.83. The van der Waals surface area contributed by atoms with Gasteiger partial charge in [0, 0.05) is 12.0 Å². The lowest BCUT2D eigenvalue weighted by Gasteiger charge is -2.30. The minimum atomic E-state index is -0.247. The van der Waals surface area contributed by atoms with E-state index in [0.717, 1.165) is 23.3 Å². The Kier molecular flexibility index (Phi) is 3.67. The summed E-state index contributed by atoms with van der Waals surface area (Å²) >= 11 is 0. The Morgan fingerprint density at radius 3 is 2.23 bits per heavy atom. The molecule has 4 heteroatoms. The Morgan fingerprint density at radius 2 is 1.64 bits per heavy atom. The first-order valence-electron chi connectivity index (χ1n) is 7.32. The van der Waals surface area contributed by atoms with E-state index in [9.17, 15) is 5.21 Å². The molecule has 0 aliphatic carbocycles. The minimum absolute atomic E-state index is 0.247. The summed E-state index contributed by atoms with van der Waals surface area (Å²) in [6.07, 6.45) is 0.795. The van der Waals surface area contributed by atoms with E-state index in [1.165, 1.54) is 0 Å². The lowest BCUT2D eigenvalue weighted by atomic mass is 9.94. The highest BCUT2D eigenvalue weighted by Gasteiger charge is 2.38. The van der Waals surface area contributed by atoms with Crippen LogP contribution in [0.15, 0.2) is 70.9 Å². The Hall–Kier alpha value is -2.62. The van der Waals surface area contributed by atoms with Crippen molar-refractivity contribution < 1.29 is 5.21 Å². The van der Waals surface area contributed by atoms with Crippen LogP contribution >= 0.6 is 0 Å². The Morgan fingerprint density at radius 1 is 1.05 bits per heavy atom. The van der Waals surface area contributed by atoms with Crippen molar-refractivity contribution >= 4 is 11.5 Å². The van der Waals surface area contributed by atoms with Crippen molar-refractivity contribution in [2.45, 2.75) is 25.8 Å². The van der Waals surface area contributed by atoms with E-state index in [2.05, 4.69) is 31.1 Å². The zero-order valence-corrected chi connectivity index (χ0v) is 12.8. The van der Waals surface area contributed by atoms with Crippen LogP contribution in [0.25, 0.3) is 0 Å². The normalized spacial score (nSPS) is 17.5. The molecule has 0 fully saturated rings. The number of hydrogen-bond donors (Lipinski definition) is 1. The smallest absolute Gasteiger partial charge is 0.195 e. The Labute approximate surface area is 130 Å². The molecule has 0 amide bonds. The predicted molar refractivity (Wildman–Crippen MR) is 88.3 cm³/mol. The molecule has 0 atom stereocenters. The molecule has 22 heavy (non-hydrogen) atoms. The van der Waals surface area contributed by atoms with Gasteiger partial charge in [-0.05, 0) is 19.4 Å². The fraction of sp³-hybridized carbons (Fsp3) is 0.222. The first-order valence-corrected chi connectivity index (χ1v) is 7.32. The van der Waals surface area contributed by atoms with Crippen molar-refractivity contribution in [3.63, 3.8) is 0 Å². The second-order valence-electron chi connectivity index (χ2n) is 6.00. The number of hydrazone groups is 1. The van der Waals surface area contributed by atoms with Crippen molar-refractivity contribution in [1.29, 1.82) is 0 Å². The number of oxime groups is 1. The molecule has 112 valence electrons.